The molecule has 0 amide bonds. The maximum Gasteiger partial charge on any atom is 0.213 e. The molecule has 1 aromatic carbocycles. The number of benzene rings is 1. The van der Waals surface area contributed by atoms with Crippen LogP contribution < -0.4 is 4.72 Å². The summed E-state index contributed by atoms with van der Waals surface area (Å²) in [6, 6.07) is 13.0. The van der Waals surface area contributed by atoms with Crippen LogP contribution in [0.4, 0.5) is 0 Å². The van der Waals surface area contributed by atoms with Crippen LogP contribution in [0.1, 0.15) is 16.5 Å². The van der Waals surface area contributed by atoms with Crippen molar-refractivity contribution < 1.29 is 8.42 Å². The van der Waals surface area contributed by atoms with E-state index in [9.17, 15) is 8.42 Å². The molecule has 102 valence electrons. The van der Waals surface area contributed by atoms with Crippen LogP contribution >= 0.6 is 22.9 Å². The second kappa shape index (κ2) is 6.52. The number of rotatable bonds is 6. The topological polar surface area (TPSA) is 46.2 Å². The summed E-state index contributed by atoms with van der Waals surface area (Å²) in [4.78, 5) is 0.962. The molecule has 2 rings (SSSR count). The van der Waals surface area contributed by atoms with Gasteiger partial charge in [0.25, 0.3) is 0 Å². The van der Waals surface area contributed by atoms with E-state index in [0.717, 1.165) is 10.4 Å². The van der Waals surface area contributed by atoms with Crippen molar-refractivity contribution >= 4 is 33.0 Å². The highest BCUT2D eigenvalue weighted by molar-refractivity contribution is 7.89. The van der Waals surface area contributed by atoms with Gasteiger partial charge in [-0.25, -0.2) is 13.1 Å². The van der Waals surface area contributed by atoms with Crippen LogP contribution in [0, 0.1) is 0 Å². The van der Waals surface area contributed by atoms with E-state index in [4.69, 9.17) is 11.6 Å². The van der Waals surface area contributed by atoms with Gasteiger partial charge in [-0.05, 0) is 17.0 Å². The van der Waals surface area contributed by atoms with Crippen molar-refractivity contribution in [2.75, 3.05) is 11.6 Å². The smallest absolute Gasteiger partial charge is 0.212 e. The van der Waals surface area contributed by atoms with Gasteiger partial charge in [0.05, 0.1) is 11.8 Å². The van der Waals surface area contributed by atoms with Crippen molar-refractivity contribution in [2.45, 2.75) is 6.04 Å². The first-order chi connectivity index (χ1) is 9.12. The van der Waals surface area contributed by atoms with E-state index >= 15 is 0 Å². The fourth-order valence-electron chi connectivity index (χ4n) is 1.73. The highest BCUT2D eigenvalue weighted by Gasteiger charge is 2.21. The van der Waals surface area contributed by atoms with Crippen molar-refractivity contribution in [2.24, 2.45) is 0 Å². The van der Waals surface area contributed by atoms with Gasteiger partial charge in [-0.3, -0.25) is 0 Å². The molecular formula is C13H14ClNO2S2. The van der Waals surface area contributed by atoms with E-state index in [1.807, 2.05) is 47.8 Å². The largest absolute Gasteiger partial charge is 0.213 e. The molecule has 0 fully saturated rings. The molecule has 0 radical (unpaired) electrons. The predicted octanol–water partition coefficient (Wildman–Crippen LogP) is 3.00. The molecule has 2 aromatic rings. The standard InChI is InChI=1S/C13H14ClNO2S2/c14-8-10-19(16,17)15-13(12-7-4-9-18-12)11-5-2-1-3-6-11/h1-7,9,13,15H,8,10H2. The number of alkyl halides is 1. The molecule has 1 heterocycles. The maximum atomic E-state index is 11.9. The Hall–Kier alpha value is -0.880. The number of nitrogens with one attached hydrogen (secondary N) is 1. The van der Waals surface area contributed by atoms with Gasteiger partial charge in [0.1, 0.15) is 0 Å². The highest BCUT2D eigenvalue weighted by Crippen LogP contribution is 2.26. The van der Waals surface area contributed by atoms with Gasteiger partial charge < -0.3 is 0 Å². The van der Waals surface area contributed by atoms with Crippen molar-refractivity contribution in [1.29, 1.82) is 0 Å². The van der Waals surface area contributed by atoms with Gasteiger partial charge in [-0.2, -0.15) is 0 Å². The minimum Gasteiger partial charge on any atom is -0.212 e. The van der Waals surface area contributed by atoms with Crippen molar-refractivity contribution in [3.63, 3.8) is 0 Å². The van der Waals surface area contributed by atoms with E-state index in [1.54, 1.807) is 0 Å². The molecule has 1 N–H and O–H groups in total. The molecule has 1 unspecified atom stereocenters. The number of hydrogen-bond acceptors (Lipinski definition) is 3. The summed E-state index contributed by atoms with van der Waals surface area (Å²) in [6.07, 6.45) is 0. The van der Waals surface area contributed by atoms with Crippen LogP contribution in [0.3, 0.4) is 0 Å². The molecule has 19 heavy (non-hydrogen) atoms. The Morgan fingerprint density at radius 2 is 1.89 bits per heavy atom. The molecule has 0 aliphatic rings. The Bertz CT molecular complexity index is 597. The number of hydrogen-bond donors (Lipinski definition) is 1. The Morgan fingerprint density at radius 1 is 1.16 bits per heavy atom. The second-order valence-electron chi connectivity index (χ2n) is 3.98. The van der Waals surface area contributed by atoms with Gasteiger partial charge in [0.15, 0.2) is 0 Å². The molecule has 0 aliphatic carbocycles. The summed E-state index contributed by atoms with van der Waals surface area (Å²) in [5.74, 6) is 0.00451. The van der Waals surface area contributed by atoms with Crippen LogP contribution in [0.15, 0.2) is 47.8 Å². The third kappa shape index (κ3) is 4.04. The van der Waals surface area contributed by atoms with E-state index in [1.165, 1.54) is 11.3 Å². The van der Waals surface area contributed by atoms with Gasteiger partial charge in [-0.1, -0.05) is 36.4 Å². The minimum absolute atomic E-state index is 0.0801. The van der Waals surface area contributed by atoms with Gasteiger partial charge in [-0.15, -0.1) is 22.9 Å². The molecule has 1 atom stereocenters. The van der Waals surface area contributed by atoms with Crippen LogP contribution in [-0.2, 0) is 10.0 Å². The Kier molecular flexibility index (Phi) is 4.99. The lowest BCUT2D eigenvalue weighted by Crippen LogP contribution is -2.31. The monoisotopic (exact) mass is 315 g/mol. The fraction of sp³-hybridized carbons (Fsp3) is 0.231. The van der Waals surface area contributed by atoms with Crippen molar-refractivity contribution in [3.8, 4) is 0 Å². The second-order valence-corrected chi connectivity index (χ2v) is 7.22. The molecule has 0 aliphatic heterocycles. The molecule has 0 saturated carbocycles. The molecule has 0 spiro atoms. The first-order valence-corrected chi connectivity index (χ1v) is 8.83. The summed E-state index contributed by atoms with van der Waals surface area (Å²) in [7, 11) is -3.38. The van der Waals surface area contributed by atoms with Crippen molar-refractivity contribution in [3.05, 3.63) is 58.3 Å². The average molecular weight is 316 g/mol. The molecule has 3 nitrogen and oxygen atoms in total. The van der Waals surface area contributed by atoms with Crippen LogP contribution in [0.5, 0.6) is 0 Å². The average Bonchev–Trinajstić information content (AvgIpc) is 2.91. The Morgan fingerprint density at radius 3 is 2.47 bits per heavy atom. The zero-order valence-corrected chi connectivity index (χ0v) is 12.5. The molecular weight excluding hydrogens is 302 g/mol. The summed E-state index contributed by atoms with van der Waals surface area (Å²) < 4.78 is 26.5. The van der Waals surface area contributed by atoms with Crippen LogP contribution in [0.25, 0.3) is 0 Å². The lowest BCUT2D eigenvalue weighted by atomic mass is 10.1. The molecule has 0 saturated heterocycles. The third-order valence-electron chi connectivity index (χ3n) is 2.60. The highest BCUT2D eigenvalue weighted by atomic mass is 35.5. The zero-order chi connectivity index (χ0) is 13.7. The summed E-state index contributed by atoms with van der Waals surface area (Å²) in [6.45, 7) is 0. The summed E-state index contributed by atoms with van der Waals surface area (Å²) in [5, 5.41) is 1.93. The van der Waals surface area contributed by atoms with Gasteiger partial charge in [0.2, 0.25) is 10.0 Å². The van der Waals surface area contributed by atoms with Crippen LogP contribution in [-0.4, -0.2) is 20.1 Å². The zero-order valence-electron chi connectivity index (χ0n) is 10.1. The van der Waals surface area contributed by atoms with E-state index in [2.05, 4.69) is 4.72 Å². The number of sulfonamides is 1. The molecule has 1 aromatic heterocycles. The lowest BCUT2D eigenvalue weighted by Gasteiger charge is -2.17. The first kappa shape index (κ1) is 14.5. The normalized spacial score (nSPS) is 13.3. The fourth-order valence-corrected chi connectivity index (χ4v) is 4.16. The SMILES string of the molecule is O=S(=O)(CCCl)NC(c1ccccc1)c1cccs1. The minimum atomic E-state index is -3.38. The summed E-state index contributed by atoms with van der Waals surface area (Å²) >= 11 is 7.05. The first-order valence-electron chi connectivity index (χ1n) is 5.77. The number of halogens is 1. The molecule has 6 heteroatoms. The van der Waals surface area contributed by atoms with Gasteiger partial charge in [0, 0.05) is 10.8 Å². The lowest BCUT2D eigenvalue weighted by molar-refractivity contribution is 0.575. The maximum absolute atomic E-state index is 11.9. The summed E-state index contributed by atoms with van der Waals surface area (Å²) in [5.41, 5.74) is 0.920. The molecule has 0 bridgehead atoms. The van der Waals surface area contributed by atoms with E-state index < -0.39 is 10.0 Å². The van der Waals surface area contributed by atoms with Crippen LogP contribution in [0.2, 0.25) is 0 Å². The van der Waals surface area contributed by atoms with E-state index in [-0.39, 0.29) is 17.7 Å². The van der Waals surface area contributed by atoms with E-state index in [0.29, 0.717) is 0 Å². The van der Waals surface area contributed by atoms with Gasteiger partial charge >= 0.3 is 0 Å². The predicted molar refractivity (Wildman–Crippen MR) is 80.2 cm³/mol. The Labute approximate surface area is 122 Å². The Balaban J connectivity index is 2.32. The number of thiophene rings is 1. The quantitative estimate of drug-likeness (QED) is 0.833. The third-order valence-corrected chi connectivity index (χ3v) is 5.29. The van der Waals surface area contributed by atoms with Crippen molar-refractivity contribution in [1.82, 2.24) is 4.72 Å².